The standard InChI is InChI=1S/C7H14O5/c1-12-4-6(9)2-5(8)3-7(10)11/h5-6,8-9H,2-4H2,1H3,(H,10,11)/t5-,6+/m1/s1. The van der Waals surface area contributed by atoms with E-state index >= 15 is 0 Å². The summed E-state index contributed by atoms with van der Waals surface area (Å²) in [6.45, 7) is 0.108. The van der Waals surface area contributed by atoms with E-state index in [2.05, 4.69) is 4.74 Å². The van der Waals surface area contributed by atoms with Gasteiger partial charge in [-0.15, -0.1) is 0 Å². The van der Waals surface area contributed by atoms with Crippen molar-refractivity contribution in [1.82, 2.24) is 0 Å². The van der Waals surface area contributed by atoms with Crippen LogP contribution in [-0.4, -0.2) is 47.2 Å². The molecule has 3 N–H and O–H groups in total. The third kappa shape index (κ3) is 6.09. The molecular weight excluding hydrogens is 164 g/mol. The summed E-state index contributed by atoms with van der Waals surface area (Å²) >= 11 is 0. The van der Waals surface area contributed by atoms with E-state index in [1.165, 1.54) is 7.11 Å². The van der Waals surface area contributed by atoms with Crippen LogP contribution in [0.5, 0.6) is 0 Å². The number of carboxylic acid groups (broad SMARTS) is 1. The second-order valence-corrected chi connectivity index (χ2v) is 2.60. The lowest BCUT2D eigenvalue weighted by Gasteiger charge is -2.12. The third-order valence-electron chi connectivity index (χ3n) is 1.31. The lowest BCUT2D eigenvalue weighted by atomic mass is 10.1. The first-order valence-corrected chi connectivity index (χ1v) is 3.63. The maximum atomic E-state index is 10.1. The van der Waals surface area contributed by atoms with Gasteiger partial charge in [0.25, 0.3) is 0 Å². The molecule has 0 aliphatic rings. The van der Waals surface area contributed by atoms with Crippen molar-refractivity contribution in [2.45, 2.75) is 25.0 Å². The Hall–Kier alpha value is -0.650. The first kappa shape index (κ1) is 11.4. The smallest absolute Gasteiger partial charge is 0.305 e. The molecule has 5 heteroatoms. The third-order valence-corrected chi connectivity index (χ3v) is 1.31. The quantitative estimate of drug-likeness (QED) is 0.496. The van der Waals surface area contributed by atoms with Crippen LogP contribution in [0.4, 0.5) is 0 Å². The highest BCUT2D eigenvalue weighted by atomic mass is 16.5. The molecule has 2 atom stereocenters. The van der Waals surface area contributed by atoms with Crippen molar-refractivity contribution >= 4 is 5.97 Å². The molecule has 0 saturated heterocycles. The zero-order valence-corrected chi connectivity index (χ0v) is 6.93. The van der Waals surface area contributed by atoms with Crippen LogP contribution in [0.3, 0.4) is 0 Å². The van der Waals surface area contributed by atoms with E-state index in [1.54, 1.807) is 0 Å². The van der Waals surface area contributed by atoms with Gasteiger partial charge >= 0.3 is 5.97 Å². The zero-order chi connectivity index (χ0) is 9.56. The predicted octanol–water partition coefficient (Wildman–Crippen LogP) is -0.781. The molecule has 0 aliphatic carbocycles. The molecule has 72 valence electrons. The second-order valence-electron chi connectivity index (χ2n) is 2.60. The van der Waals surface area contributed by atoms with E-state index in [9.17, 15) is 4.79 Å². The Balaban J connectivity index is 3.53. The van der Waals surface area contributed by atoms with E-state index in [-0.39, 0.29) is 19.4 Å². The van der Waals surface area contributed by atoms with Gasteiger partial charge < -0.3 is 20.1 Å². The Morgan fingerprint density at radius 3 is 2.42 bits per heavy atom. The van der Waals surface area contributed by atoms with E-state index in [0.29, 0.717) is 0 Å². The molecule has 0 saturated carbocycles. The molecule has 0 fully saturated rings. The Labute approximate surface area is 70.6 Å². The van der Waals surface area contributed by atoms with Gasteiger partial charge in [-0.1, -0.05) is 0 Å². The number of methoxy groups -OCH3 is 1. The Bertz CT molecular complexity index is 136. The van der Waals surface area contributed by atoms with Crippen molar-refractivity contribution in [3.63, 3.8) is 0 Å². The first-order chi connectivity index (χ1) is 5.56. The number of aliphatic hydroxyl groups excluding tert-OH is 2. The lowest BCUT2D eigenvalue weighted by molar-refractivity contribution is -0.139. The molecule has 0 bridgehead atoms. The molecule has 0 aromatic carbocycles. The van der Waals surface area contributed by atoms with Crippen molar-refractivity contribution < 1.29 is 24.9 Å². The van der Waals surface area contributed by atoms with Crippen molar-refractivity contribution in [1.29, 1.82) is 0 Å². The molecular formula is C7H14O5. The van der Waals surface area contributed by atoms with Crippen LogP contribution >= 0.6 is 0 Å². The van der Waals surface area contributed by atoms with Gasteiger partial charge in [0.2, 0.25) is 0 Å². The summed E-state index contributed by atoms with van der Waals surface area (Å²) in [5, 5.41) is 26.3. The minimum absolute atomic E-state index is 0.0279. The van der Waals surface area contributed by atoms with Gasteiger partial charge in [-0.05, 0) is 0 Å². The molecule has 0 heterocycles. The summed E-state index contributed by atoms with van der Waals surface area (Å²) in [5.74, 6) is -1.08. The van der Waals surface area contributed by atoms with Gasteiger partial charge in [-0.25, -0.2) is 0 Å². The average Bonchev–Trinajstić information content (AvgIpc) is 1.84. The molecule has 0 aromatic rings. The molecule has 0 rings (SSSR count). The first-order valence-electron chi connectivity index (χ1n) is 3.63. The fourth-order valence-electron chi connectivity index (χ4n) is 0.859. The predicted molar refractivity (Wildman–Crippen MR) is 40.8 cm³/mol. The van der Waals surface area contributed by atoms with Crippen LogP contribution in [0.15, 0.2) is 0 Å². The monoisotopic (exact) mass is 178 g/mol. The number of carbonyl (C=O) groups is 1. The highest BCUT2D eigenvalue weighted by Gasteiger charge is 2.14. The van der Waals surface area contributed by atoms with Crippen LogP contribution in [0.1, 0.15) is 12.8 Å². The van der Waals surface area contributed by atoms with Crippen LogP contribution in [0, 0.1) is 0 Å². The molecule has 0 unspecified atom stereocenters. The van der Waals surface area contributed by atoms with E-state index in [0.717, 1.165) is 0 Å². The summed E-state index contributed by atoms with van der Waals surface area (Å²) in [4.78, 5) is 10.1. The summed E-state index contributed by atoms with van der Waals surface area (Å²) < 4.78 is 4.60. The van der Waals surface area contributed by atoms with Gasteiger partial charge in [-0.3, -0.25) is 4.79 Å². The molecule has 0 radical (unpaired) electrons. The van der Waals surface area contributed by atoms with Gasteiger partial charge in [0.05, 0.1) is 25.2 Å². The number of hydrogen-bond acceptors (Lipinski definition) is 4. The molecule has 0 amide bonds. The van der Waals surface area contributed by atoms with Crippen molar-refractivity contribution in [2.24, 2.45) is 0 Å². The Morgan fingerprint density at radius 2 is 2.00 bits per heavy atom. The molecule has 0 aromatic heterocycles. The maximum Gasteiger partial charge on any atom is 0.305 e. The van der Waals surface area contributed by atoms with Crippen LogP contribution in [0.2, 0.25) is 0 Å². The largest absolute Gasteiger partial charge is 0.481 e. The highest BCUT2D eigenvalue weighted by molar-refractivity contribution is 5.67. The van der Waals surface area contributed by atoms with Gasteiger partial charge in [0.15, 0.2) is 0 Å². The number of carboxylic acids is 1. The van der Waals surface area contributed by atoms with Crippen molar-refractivity contribution in [3.8, 4) is 0 Å². The Kier molecular flexibility index (Phi) is 5.61. The molecule has 12 heavy (non-hydrogen) atoms. The van der Waals surface area contributed by atoms with Crippen molar-refractivity contribution in [3.05, 3.63) is 0 Å². The normalized spacial score (nSPS) is 15.6. The average molecular weight is 178 g/mol. The number of ether oxygens (including phenoxy) is 1. The summed E-state index contributed by atoms with van der Waals surface area (Å²) in [5.41, 5.74) is 0. The summed E-state index contributed by atoms with van der Waals surface area (Å²) in [6.07, 6.45) is -2.13. The number of aliphatic hydroxyl groups is 2. The zero-order valence-electron chi connectivity index (χ0n) is 6.93. The highest BCUT2D eigenvalue weighted by Crippen LogP contribution is 2.02. The SMILES string of the molecule is COC[C@@H](O)C[C@@H](O)CC(=O)O. The van der Waals surface area contributed by atoms with Gasteiger partial charge in [0, 0.05) is 13.5 Å². The fourth-order valence-corrected chi connectivity index (χ4v) is 0.859. The van der Waals surface area contributed by atoms with E-state index in [4.69, 9.17) is 15.3 Å². The van der Waals surface area contributed by atoms with Crippen LogP contribution < -0.4 is 0 Å². The second kappa shape index (κ2) is 5.93. The maximum absolute atomic E-state index is 10.1. The minimum Gasteiger partial charge on any atom is -0.481 e. The van der Waals surface area contributed by atoms with E-state index < -0.39 is 18.2 Å². The number of rotatable bonds is 6. The molecule has 0 spiro atoms. The summed E-state index contributed by atoms with van der Waals surface area (Å²) in [6, 6.07) is 0. The fraction of sp³-hybridized carbons (Fsp3) is 0.857. The van der Waals surface area contributed by atoms with Crippen LogP contribution in [-0.2, 0) is 9.53 Å². The lowest BCUT2D eigenvalue weighted by Crippen LogP contribution is -2.23. The molecule has 0 aliphatic heterocycles. The number of hydrogen-bond donors (Lipinski definition) is 3. The van der Waals surface area contributed by atoms with Crippen molar-refractivity contribution in [2.75, 3.05) is 13.7 Å². The van der Waals surface area contributed by atoms with Gasteiger partial charge in [-0.2, -0.15) is 0 Å². The number of aliphatic carboxylic acids is 1. The minimum atomic E-state index is -1.08. The topological polar surface area (TPSA) is 87.0 Å². The summed E-state index contributed by atoms with van der Waals surface area (Å²) in [7, 11) is 1.42. The molecule has 5 nitrogen and oxygen atoms in total. The van der Waals surface area contributed by atoms with E-state index in [1.807, 2.05) is 0 Å². The van der Waals surface area contributed by atoms with Gasteiger partial charge in [0.1, 0.15) is 0 Å². The Morgan fingerprint density at radius 1 is 1.42 bits per heavy atom. The van der Waals surface area contributed by atoms with Crippen LogP contribution in [0.25, 0.3) is 0 Å².